The maximum Gasteiger partial charge on any atom is 0.240 e. The average Bonchev–Trinajstić information content (AvgIpc) is 2.67. The number of amides is 1. The summed E-state index contributed by atoms with van der Waals surface area (Å²) in [5, 5.41) is 5.20. The van der Waals surface area contributed by atoms with Gasteiger partial charge in [0.15, 0.2) is 0 Å². The van der Waals surface area contributed by atoms with E-state index in [1.807, 2.05) is 56.3 Å². The van der Waals surface area contributed by atoms with Gasteiger partial charge in [0, 0.05) is 13.0 Å². The molecule has 3 aromatic carbocycles. The van der Waals surface area contributed by atoms with Crippen molar-refractivity contribution in [2.24, 2.45) is 0 Å². The fourth-order valence-electron chi connectivity index (χ4n) is 3.35. The Morgan fingerprint density at radius 2 is 1.69 bits per heavy atom. The fraction of sp³-hybridized carbons (Fsp3) is 0.261. The highest BCUT2D eigenvalue weighted by atomic mass is 32.2. The summed E-state index contributed by atoms with van der Waals surface area (Å²) in [4.78, 5) is 12.5. The second-order valence-electron chi connectivity index (χ2n) is 7.31. The van der Waals surface area contributed by atoms with Crippen molar-refractivity contribution in [3.63, 3.8) is 0 Å². The number of aryl methyl sites for hydroxylation is 2. The molecular formula is C23H26N2O3S. The van der Waals surface area contributed by atoms with Crippen molar-refractivity contribution in [1.82, 2.24) is 10.0 Å². The summed E-state index contributed by atoms with van der Waals surface area (Å²) < 4.78 is 27.5. The minimum Gasteiger partial charge on any atom is -0.350 e. The maximum atomic E-state index is 12.5. The predicted octanol–water partition coefficient (Wildman–Crippen LogP) is 4.00. The van der Waals surface area contributed by atoms with Crippen LogP contribution in [0.25, 0.3) is 10.8 Å². The van der Waals surface area contributed by atoms with Crippen LogP contribution < -0.4 is 10.0 Å². The van der Waals surface area contributed by atoms with Crippen LogP contribution in [-0.2, 0) is 14.8 Å². The van der Waals surface area contributed by atoms with E-state index in [-0.39, 0.29) is 29.8 Å². The largest absolute Gasteiger partial charge is 0.350 e. The monoisotopic (exact) mass is 410 g/mol. The predicted molar refractivity (Wildman–Crippen MR) is 116 cm³/mol. The topological polar surface area (TPSA) is 75.3 Å². The smallest absolute Gasteiger partial charge is 0.240 e. The molecule has 152 valence electrons. The van der Waals surface area contributed by atoms with E-state index in [0.717, 1.165) is 21.9 Å². The Morgan fingerprint density at radius 1 is 0.966 bits per heavy atom. The van der Waals surface area contributed by atoms with Crippen molar-refractivity contribution in [2.75, 3.05) is 6.54 Å². The standard InChI is InChI=1S/C23H26N2O3S/c1-16-8-11-22(17(2)14-16)29(27,28)24-13-12-23(26)25-18(3)20-10-9-19-6-4-5-7-21(19)15-20/h4-11,14-15,18,24H,12-13H2,1-3H3,(H,25,26). The lowest BCUT2D eigenvalue weighted by Crippen LogP contribution is -2.32. The molecule has 0 aliphatic carbocycles. The van der Waals surface area contributed by atoms with Crippen LogP contribution >= 0.6 is 0 Å². The number of benzene rings is 3. The van der Waals surface area contributed by atoms with Gasteiger partial charge in [-0.05, 0) is 54.8 Å². The van der Waals surface area contributed by atoms with Crippen LogP contribution in [0.3, 0.4) is 0 Å². The number of hydrogen-bond donors (Lipinski definition) is 2. The van der Waals surface area contributed by atoms with Crippen molar-refractivity contribution in [2.45, 2.75) is 38.1 Å². The third kappa shape index (κ3) is 5.22. The lowest BCUT2D eigenvalue weighted by atomic mass is 10.0. The third-order valence-corrected chi connectivity index (χ3v) is 6.54. The molecule has 0 spiro atoms. The van der Waals surface area contributed by atoms with Crippen LogP contribution in [0.4, 0.5) is 0 Å². The molecule has 3 aromatic rings. The normalized spacial score (nSPS) is 12.7. The second-order valence-corrected chi connectivity index (χ2v) is 9.05. The van der Waals surface area contributed by atoms with E-state index in [2.05, 4.69) is 16.1 Å². The van der Waals surface area contributed by atoms with Crippen molar-refractivity contribution in [3.8, 4) is 0 Å². The van der Waals surface area contributed by atoms with Crippen LogP contribution in [0.2, 0.25) is 0 Å². The fourth-order valence-corrected chi connectivity index (χ4v) is 4.61. The van der Waals surface area contributed by atoms with Gasteiger partial charge in [-0.15, -0.1) is 0 Å². The molecule has 3 rings (SSSR count). The summed E-state index contributed by atoms with van der Waals surface area (Å²) >= 11 is 0. The second kappa shape index (κ2) is 8.76. The van der Waals surface area contributed by atoms with E-state index in [0.29, 0.717) is 5.56 Å². The minimum atomic E-state index is -3.64. The molecule has 0 aliphatic rings. The summed E-state index contributed by atoms with van der Waals surface area (Å²) in [5.41, 5.74) is 2.70. The summed E-state index contributed by atoms with van der Waals surface area (Å²) in [7, 11) is -3.64. The molecule has 0 bridgehead atoms. The summed E-state index contributed by atoms with van der Waals surface area (Å²) in [6, 6.07) is 19.2. The molecule has 0 radical (unpaired) electrons. The molecule has 0 saturated heterocycles. The summed E-state index contributed by atoms with van der Waals surface area (Å²) in [6.45, 7) is 5.64. The Labute approximate surface area is 172 Å². The molecular weight excluding hydrogens is 384 g/mol. The Hall–Kier alpha value is -2.70. The van der Waals surface area contributed by atoms with E-state index < -0.39 is 10.0 Å². The van der Waals surface area contributed by atoms with E-state index in [1.54, 1.807) is 19.1 Å². The van der Waals surface area contributed by atoms with Crippen LogP contribution in [0.5, 0.6) is 0 Å². The zero-order valence-electron chi connectivity index (χ0n) is 16.9. The number of carbonyl (C=O) groups is 1. The third-order valence-electron chi connectivity index (χ3n) is 4.92. The quantitative estimate of drug-likeness (QED) is 0.618. The van der Waals surface area contributed by atoms with Gasteiger partial charge in [0.05, 0.1) is 10.9 Å². The summed E-state index contributed by atoms with van der Waals surface area (Å²) in [5.74, 6) is -0.200. The van der Waals surface area contributed by atoms with E-state index >= 15 is 0 Å². The number of sulfonamides is 1. The van der Waals surface area contributed by atoms with Crippen LogP contribution in [0.15, 0.2) is 65.6 Å². The molecule has 29 heavy (non-hydrogen) atoms. The molecule has 1 atom stereocenters. The number of carbonyl (C=O) groups excluding carboxylic acids is 1. The van der Waals surface area contributed by atoms with E-state index in [1.165, 1.54) is 0 Å². The van der Waals surface area contributed by atoms with Gasteiger partial charge in [-0.2, -0.15) is 0 Å². The Kier molecular flexibility index (Phi) is 6.35. The van der Waals surface area contributed by atoms with Crippen LogP contribution in [-0.4, -0.2) is 20.9 Å². The molecule has 6 heteroatoms. The molecule has 0 heterocycles. The van der Waals surface area contributed by atoms with Crippen molar-refractivity contribution >= 4 is 26.7 Å². The molecule has 0 aromatic heterocycles. The molecule has 1 unspecified atom stereocenters. The van der Waals surface area contributed by atoms with E-state index in [9.17, 15) is 13.2 Å². The van der Waals surface area contributed by atoms with Gasteiger partial charge in [-0.1, -0.05) is 54.1 Å². The van der Waals surface area contributed by atoms with Crippen molar-refractivity contribution in [3.05, 3.63) is 77.4 Å². The Morgan fingerprint density at radius 3 is 2.41 bits per heavy atom. The molecule has 0 aliphatic heterocycles. The van der Waals surface area contributed by atoms with Gasteiger partial charge in [-0.3, -0.25) is 4.79 Å². The molecule has 2 N–H and O–H groups in total. The van der Waals surface area contributed by atoms with Gasteiger partial charge >= 0.3 is 0 Å². The average molecular weight is 411 g/mol. The zero-order chi connectivity index (χ0) is 21.0. The van der Waals surface area contributed by atoms with E-state index in [4.69, 9.17) is 0 Å². The van der Waals surface area contributed by atoms with Gasteiger partial charge in [0.25, 0.3) is 0 Å². The van der Waals surface area contributed by atoms with Crippen LogP contribution in [0, 0.1) is 13.8 Å². The number of rotatable bonds is 7. The highest BCUT2D eigenvalue weighted by molar-refractivity contribution is 7.89. The maximum absolute atomic E-state index is 12.5. The first-order valence-electron chi connectivity index (χ1n) is 9.61. The van der Waals surface area contributed by atoms with Gasteiger partial charge in [0.1, 0.15) is 0 Å². The SMILES string of the molecule is Cc1ccc(S(=O)(=O)NCCC(=O)NC(C)c2ccc3ccccc3c2)c(C)c1. The van der Waals surface area contributed by atoms with Crippen molar-refractivity contribution < 1.29 is 13.2 Å². The van der Waals surface area contributed by atoms with Crippen LogP contribution in [0.1, 0.15) is 36.1 Å². The number of nitrogens with one attached hydrogen (secondary N) is 2. The minimum absolute atomic E-state index is 0.0475. The first-order chi connectivity index (χ1) is 13.8. The highest BCUT2D eigenvalue weighted by Crippen LogP contribution is 2.20. The Balaban J connectivity index is 1.56. The highest BCUT2D eigenvalue weighted by Gasteiger charge is 2.17. The number of fused-ring (bicyclic) bond motifs is 1. The van der Waals surface area contributed by atoms with Gasteiger partial charge < -0.3 is 5.32 Å². The zero-order valence-corrected chi connectivity index (χ0v) is 17.7. The lowest BCUT2D eigenvalue weighted by molar-refractivity contribution is -0.121. The lowest BCUT2D eigenvalue weighted by Gasteiger charge is -2.15. The number of hydrogen-bond acceptors (Lipinski definition) is 3. The van der Waals surface area contributed by atoms with Crippen molar-refractivity contribution in [1.29, 1.82) is 0 Å². The summed E-state index contributed by atoms with van der Waals surface area (Å²) in [6.07, 6.45) is 0.0715. The first kappa shape index (κ1) is 21.0. The molecule has 1 amide bonds. The molecule has 0 saturated carbocycles. The molecule has 5 nitrogen and oxygen atoms in total. The van der Waals surface area contributed by atoms with Gasteiger partial charge in [0.2, 0.25) is 15.9 Å². The molecule has 0 fully saturated rings. The van der Waals surface area contributed by atoms with Gasteiger partial charge in [-0.25, -0.2) is 13.1 Å². The Bertz CT molecular complexity index is 1140. The first-order valence-corrected chi connectivity index (χ1v) is 11.1.